The van der Waals surface area contributed by atoms with E-state index >= 15 is 0 Å². The van der Waals surface area contributed by atoms with Gasteiger partial charge >= 0.3 is 6.18 Å². The van der Waals surface area contributed by atoms with Gasteiger partial charge in [-0.3, -0.25) is 4.98 Å². The Hall–Kier alpha value is -1.14. The van der Waals surface area contributed by atoms with Gasteiger partial charge in [-0.15, -0.1) is 0 Å². The molecule has 1 heterocycles. The van der Waals surface area contributed by atoms with E-state index in [2.05, 4.69) is 4.98 Å². The van der Waals surface area contributed by atoms with E-state index in [1.807, 2.05) is 0 Å². The summed E-state index contributed by atoms with van der Waals surface area (Å²) in [6.45, 7) is 1.61. The summed E-state index contributed by atoms with van der Waals surface area (Å²) in [5.74, 6) is 0. The molecule has 3 nitrogen and oxygen atoms in total. The molecule has 0 spiro atoms. The summed E-state index contributed by atoms with van der Waals surface area (Å²) in [6.07, 6.45) is -2.71. The van der Waals surface area contributed by atoms with E-state index in [0.717, 1.165) is 18.5 Å². The number of alkyl halides is 3. The van der Waals surface area contributed by atoms with Gasteiger partial charge in [-0.1, -0.05) is 0 Å². The Morgan fingerprint density at radius 2 is 2.06 bits per heavy atom. The van der Waals surface area contributed by atoms with E-state index in [1.54, 1.807) is 6.92 Å². The quantitative estimate of drug-likeness (QED) is 0.871. The summed E-state index contributed by atoms with van der Waals surface area (Å²) < 4.78 is 42.9. The van der Waals surface area contributed by atoms with Gasteiger partial charge in [0.25, 0.3) is 0 Å². The number of pyridine rings is 1. The molecule has 0 fully saturated rings. The Bertz CT molecular complexity index is 354. The summed E-state index contributed by atoms with van der Waals surface area (Å²) in [6, 6.07) is 0.0627. The number of hydrogen-bond acceptors (Lipinski definition) is 3. The summed E-state index contributed by atoms with van der Waals surface area (Å²) in [5, 5.41) is 0. The van der Waals surface area contributed by atoms with E-state index in [0.29, 0.717) is 0 Å². The zero-order chi connectivity index (χ0) is 12.3. The second kappa shape index (κ2) is 4.80. The zero-order valence-electron chi connectivity index (χ0n) is 8.95. The monoisotopic (exact) mass is 234 g/mol. The lowest BCUT2D eigenvalue weighted by Gasteiger charge is -2.21. The van der Waals surface area contributed by atoms with Crippen LogP contribution in [0.3, 0.4) is 0 Å². The summed E-state index contributed by atoms with van der Waals surface area (Å²) in [7, 11) is 1.40. The van der Waals surface area contributed by atoms with Crippen molar-refractivity contribution in [1.29, 1.82) is 0 Å². The largest absolute Gasteiger partial charge is 0.416 e. The highest BCUT2D eigenvalue weighted by molar-refractivity contribution is 5.29. The van der Waals surface area contributed by atoms with Crippen LogP contribution in [-0.2, 0) is 10.9 Å². The first-order valence-corrected chi connectivity index (χ1v) is 4.67. The molecule has 0 radical (unpaired) electrons. The zero-order valence-corrected chi connectivity index (χ0v) is 8.95. The molecule has 0 saturated heterocycles. The van der Waals surface area contributed by atoms with Gasteiger partial charge < -0.3 is 10.5 Å². The number of halogens is 3. The number of aromatic nitrogens is 1. The number of rotatable bonds is 3. The molecule has 1 aromatic rings. The average molecular weight is 234 g/mol. The number of ether oxygens (including phenoxy) is 1. The van der Waals surface area contributed by atoms with E-state index < -0.39 is 23.9 Å². The van der Waals surface area contributed by atoms with Crippen molar-refractivity contribution in [2.45, 2.75) is 25.2 Å². The van der Waals surface area contributed by atoms with Crippen molar-refractivity contribution < 1.29 is 17.9 Å². The molecule has 2 N–H and O–H groups in total. The molecule has 0 aliphatic heterocycles. The third-order valence-corrected chi connectivity index (χ3v) is 2.39. The second-order valence-corrected chi connectivity index (χ2v) is 3.43. The first kappa shape index (κ1) is 12.9. The van der Waals surface area contributed by atoms with E-state index in [9.17, 15) is 13.2 Å². The molecule has 1 aromatic heterocycles. The van der Waals surface area contributed by atoms with Crippen molar-refractivity contribution in [3.05, 3.63) is 29.6 Å². The van der Waals surface area contributed by atoms with Crippen LogP contribution in [0.1, 0.15) is 24.1 Å². The Labute approximate surface area is 91.4 Å². The van der Waals surface area contributed by atoms with Crippen LogP contribution in [0.25, 0.3) is 0 Å². The number of nitrogens with two attached hydrogens (primary N) is 1. The first-order chi connectivity index (χ1) is 7.38. The fraction of sp³-hybridized carbons (Fsp3) is 0.500. The van der Waals surface area contributed by atoms with Crippen LogP contribution in [0.4, 0.5) is 13.2 Å². The van der Waals surface area contributed by atoms with Gasteiger partial charge in [0.1, 0.15) is 0 Å². The number of methoxy groups -OCH3 is 1. The van der Waals surface area contributed by atoms with Gasteiger partial charge in [0.05, 0.1) is 17.7 Å². The van der Waals surface area contributed by atoms with Crippen LogP contribution in [0.15, 0.2) is 18.5 Å². The summed E-state index contributed by atoms with van der Waals surface area (Å²) >= 11 is 0. The highest BCUT2D eigenvalue weighted by Gasteiger charge is 2.35. The molecule has 6 heteroatoms. The lowest BCUT2D eigenvalue weighted by atomic mass is 9.99. The summed E-state index contributed by atoms with van der Waals surface area (Å²) in [4.78, 5) is 3.66. The fourth-order valence-corrected chi connectivity index (χ4v) is 1.33. The van der Waals surface area contributed by atoms with Gasteiger partial charge in [0.15, 0.2) is 0 Å². The molecule has 0 saturated carbocycles. The summed E-state index contributed by atoms with van der Waals surface area (Å²) in [5.41, 5.74) is 4.87. The maximum atomic E-state index is 12.7. The maximum absolute atomic E-state index is 12.7. The van der Waals surface area contributed by atoms with Crippen LogP contribution in [-0.4, -0.2) is 18.2 Å². The lowest BCUT2D eigenvalue weighted by Crippen LogP contribution is -2.28. The Balaban J connectivity index is 3.13. The van der Waals surface area contributed by atoms with Crippen LogP contribution >= 0.6 is 0 Å². The molecule has 16 heavy (non-hydrogen) atoms. The molecule has 0 bridgehead atoms. The molecule has 0 amide bonds. The van der Waals surface area contributed by atoms with Crippen LogP contribution < -0.4 is 5.73 Å². The standard InChI is InChI=1S/C10H13F3N2O/c1-6(16-2)9(14)7-5-15-4-3-8(7)10(11,12)13/h3-6,9H,14H2,1-2H3. The molecular formula is C10H13F3N2O. The first-order valence-electron chi connectivity index (χ1n) is 4.67. The fourth-order valence-electron chi connectivity index (χ4n) is 1.33. The van der Waals surface area contributed by atoms with Crippen molar-refractivity contribution >= 4 is 0 Å². The van der Waals surface area contributed by atoms with Gasteiger partial charge in [-0.05, 0) is 13.0 Å². The van der Waals surface area contributed by atoms with Crippen LogP contribution in [0.2, 0.25) is 0 Å². The third kappa shape index (κ3) is 2.70. The van der Waals surface area contributed by atoms with Gasteiger partial charge in [-0.2, -0.15) is 13.2 Å². The Kier molecular flexibility index (Phi) is 3.88. The highest BCUT2D eigenvalue weighted by atomic mass is 19.4. The van der Waals surface area contributed by atoms with E-state index in [-0.39, 0.29) is 5.56 Å². The SMILES string of the molecule is COC(C)C(N)c1cnccc1C(F)(F)F. The average Bonchev–Trinajstić information content (AvgIpc) is 2.26. The lowest BCUT2D eigenvalue weighted by molar-refractivity contribution is -0.138. The minimum atomic E-state index is -4.43. The van der Waals surface area contributed by atoms with Gasteiger partial charge in [0, 0.05) is 25.1 Å². The molecule has 1 rings (SSSR count). The third-order valence-electron chi connectivity index (χ3n) is 2.39. The van der Waals surface area contributed by atoms with Crippen molar-refractivity contribution in [3.8, 4) is 0 Å². The number of nitrogens with zero attached hydrogens (tertiary/aromatic N) is 1. The van der Waals surface area contributed by atoms with Crippen molar-refractivity contribution in [2.24, 2.45) is 5.73 Å². The maximum Gasteiger partial charge on any atom is 0.416 e. The topological polar surface area (TPSA) is 48.1 Å². The predicted molar refractivity (Wildman–Crippen MR) is 52.6 cm³/mol. The van der Waals surface area contributed by atoms with Crippen molar-refractivity contribution in [3.63, 3.8) is 0 Å². The molecule has 2 atom stereocenters. The minimum absolute atomic E-state index is 0.0515. The van der Waals surface area contributed by atoms with E-state index in [4.69, 9.17) is 10.5 Å². The second-order valence-electron chi connectivity index (χ2n) is 3.43. The number of hydrogen-bond donors (Lipinski definition) is 1. The van der Waals surface area contributed by atoms with Crippen LogP contribution in [0, 0.1) is 0 Å². The molecule has 0 aromatic carbocycles. The highest BCUT2D eigenvalue weighted by Crippen LogP contribution is 2.34. The molecule has 0 aliphatic carbocycles. The smallest absolute Gasteiger partial charge is 0.380 e. The minimum Gasteiger partial charge on any atom is -0.380 e. The molecular weight excluding hydrogens is 221 g/mol. The Morgan fingerprint density at radius 3 is 2.56 bits per heavy atom. The predicted octanol–water partition coefficient (Wildman–Crippen LogP) is 2.14. The normalized spacial score (nSPS) is 15.9. The molecule has 90 valence electrons. The van der Waals surface area contributed by atoms with Gasteiger partial charge in [-0.25, -0.2) is 0 Å². The van der Waals surface area contributed by atoms with Crippen molar-refractivity contribution in [1.82, 2.24) is 4.98 Å². The molecule has 2 unspecified atom stereocenters. The van der Waals surface area contributed by atoms with E-state index in [1.165, 1.54) is 7.11 Å². The Morgan fingerprint density at radius 1 is 1.44 bits per heavy atom. The molecule has 0 aliphatic rings. The van der Waals surface area contributed by atoms with Gasteiger partial charge in [0.2, 0.25) is 0 Å². The van der Waals surface area contributed by atoms with Crippen molar-refractivity contribution in [2.75, 3.05) is 7.11 Å². The van der Waals surface area contributed by atoms with Crippen LogP contribution in [0.5, 0.6) is 0 Å².